The van der Waals surface area contributed by atoms with Gasteiger partial charge >= 0.3 is 177 Å². The second-order valence-electron chi connectivity index (χ2n) is 0.600. The molecule has 0 aliphatic rings. The van der Waals surface area contributed by atoms with Gasteiger partial charge in [0, 0.05) is 21.7 Å². The fourth-order valence-electron chi connectivity index (χ4n) is 0. The van der Waals surface area contributed by atoms with E-state index in [0.29, 0.717) is 0 Å². The zero-order chi connectivity index (χ0) is 4.50. The van der Waals surface area contributed by atoms with Gasteiger partial charge in [0.05, 0.1) is 0 Å². The van der Waals surface area contributed by atoms with Gasteiger partial charge in [-0.15, -0.1) is 0 Å². The molecule has 0 saturated heterocycles. The molecule has 0 aliphatic heterocycles. The van der Waals surface area contributed by atoms with Crippen molar-refractivity contribution in [3.05, 3.63) is 0 Å². The first-order chi connectivity index (χ1) is 2.00. The third-order valence-corrected chi connectivity index (χ3v) is 0. The summed E-state index contributed by atoms with van der Waals surface area (Å²) in [5, 5.41) is 0. The average molecular weight is 446 g/mol. The standard InChI is InChI=1S/Ba.Ca.FH.K.Na.H4O4Si.2H2O.Ti.6H/c;;;;;1-5(2,3)4;;;;;;;;;/h;;1H;;;1-4H;2*1H2;;;;;;;/q2*+2;;2*+1;;;;;6*-1. The number of halogens is 1. The van der Waals surface area contributed by atoms with Gasteiger partial charge in [-0.3, -0.25) is 4.70 Å². The Morgan fingerprint density at radius 1 is 0.923 bits per heavy atom. The van der Waals surface area contributed by atoms with Crippen molar-refractivity contribution in [2.75, 3.05) is 0 Å². The van der Waals surface area contributed by atoms with E-state index < -0.39 is 9.05 Å². The van der Waals surface area contributed by atoms with E-state index in [0.717, 1.165) is 0 Å². The molecule has 0 heterocycles. The quantitative estimate of drug-likeness (QED) is 0.275. The summed E-state index contributed by atoms with van der Waals surface area (Å²) in [5.74, 6) is 0. The molecule has 0 spiro atoms. The first-order valence-corrected chi connectivity index (χ1v) is 2.68. The van der Waals surface area contributed by atoms with Crippen molar-refractivity contribution in [2.24, 2.45) is 0 Å². The summed E-state index contributed by atoms with van der Waals surface area (Å²) in [6.45, 7) is 0. The maximum absolute atomic E-state index is 7.33. The van der Waals surface area contributed by atoms with E-state index >= 15 is 0 Å². The summed E-state index contributed by atoms with van der Waals surface area (Å²) in [7, 11) is -4.61. The van der Waals surface area contributed by atoms with E-state index in [1.165, 1.54) is 0 Å². The molecule has 8 N–H and O–H groups in total. The zero-order valence-corrected chi connectivity index (χ0v) is 21.9. The van der Waals surface area contributed by atoms with Crippen LogP contribution in [0.2, 0.25) is 0 Å². The van der Waals surface area contributed by atoms with Crippen LogP contribution in [0.1, 0.15) is 8.56 Å². The second kappa shape index (κ2) is 36.1. The molecular weight excluding hydrogens is 430 g/mol. The molecule has 0 bridgehead atoms. The Morgan fingerprint density at radius 2 is 0.923 bits per heavy atom. The van der Waals surface area contributed by atoms with Crippen molar-refractivity contribution in [1.29, 1.82) is 0 Å². The molecule has 0 aromatic heterocycles. The summed E-state index contributed by atoms with van der Waals surface area (Å²) in [6, 6.07) is 0. The van der Waals surface area contributed by atoms with Gasteiger partial charge in [0.2, 0.25) is 0 Å². The fourth-order valence-corrected chi connectivity index (χ4v) is 0. The van der Waals surface area contributed by atoms with E-state index in [9.17, 15) is 0 Å². The fraction of sp³-hybridized carbons (Fsp3) is 0. The van der Waals surface area contributed by atoms with E-state index in [1.807, 2.05) is 0 Å². The van der Waals surface area contributed by atoms with Crippen molar-refractivity contribution >= 4 is 95.7 Å². The molecule has 0 radical (unpaired) electrons. The Hall–Kier alpha value is 6.09. The van der Waals surface area contributed by atoms with Gasteiger partial charge in [-0.2, -0.15) is 0 Å². The molecule has 13 heteroatoms. The molecule has 0 rings (SSSR count). The van der Waals surface area contributed by atoms with Gasteiger partial charge in [0.25, 0.3) is 0 Å². The number of hydrogen-bond donors (Lipinski definition) is 4. The van der Waals surface area contributed by atoms with Crippen LogP contribution in [0.25, 0.3) is 0 Å². The van der Waals surface area contributed by atoms with Crippen molar-refractivity contribution in [3.63, 3.8) is 0 Å². The first kappa shape index (κ1) is 61.4. The predicted octanol–water partition coefficient (Wildman–Crippen LogP) is -10.2. The van der Waals surface area contributed by atoms with E-state index in [4.69, 9.17) is 19.2 Å². The van der Waals surface area contributed by atoms with Crippen LogP contribution < -0.4 is 80.9 Å². The van der Waals surface area contributed by atoms with Gasteiger partial charge < -0.3 is 38.7 Å². The van der Waals surface area contributed by atoms with Crippen molar-refractivity contribution < 1.29 is 146 Å². The van der Waals surface area contributed by atoms with Crippen molar-refractivity contribution in [1.82, 2.24) is 0 Å². The Balaban J connectivity index is -0.000000000879. The predicted molar refractivity (Wildman–Crippen MR) is 42.5 cm³/mol. The van der Waals surface area contributed by atoms with Crippen LogP contribution >= 0.6 is 0 Å². The van der Waals surface area contributed by atoms with Crippen LogP contribution in [0.5, 0.6) is 0 Å². The van der Waals surface area contributed by atoms with Gasteiger partial charge in [-0.05, 0) is 0 Å². The maximum Gasteiger partial charge on any atom is 2.00 e. The smallest absolute Gasteiger partial charge is 1.00 e. The summed E-state index contributed by atoms with van der Waals surface area (Å²) in [5.41, 5.74) is 0. The third-order valence-electron chi connectivity index (χ3n) is 0. The third kappa shape index (κ3) is 126. The van der Waals surface area contributed by atoms with E-state index in [-0.39, 0.29) is 213 Å². The molecule has 72 valence electrons. The normalized spacial score (nSPS) is 4.62. The summed E-state index contributed by atoms with van der Waals surface area (Å²) in [6.07, 6.45) is 0. The molecule has 0 aromatic rings. The monoisotopic (exact) mass is 446 g/mol. The molecule has 0 aliphatic carbocycles. The second-order valence-corrected chi connectivity index (χ2v) is 1.80. The Labute approximate surface area is 235 Å². The van der Waals surface area contributed by atoms with Gasteiger partial charge in [-0.1, -0.05) is 0 Å². The van der Waals surface area contributed by atoms with Crippen molar-refractivity contribution in [2.45, 2.75) is 0 Å². The minimum absolute atomic E-state index is 0. The van der Waals surface area contributed by atoms with Crippen LogP contribution in [-0.2, 0) is 21.7 Å². The van der Waals surface area contributed by atoms with Crippen LogP contribution in [-0.4, -0.2) is 126 Å². The molecule has 0 aromatic carbocycles. The minimum atomic E-state index is -4.61. The van der Waals surface area contributed by atoms with Crippen LogP contribution in [0.3, 0.4) is 0 Å². The molecule has 0 fully saturated rings. The molecule has 6 nitrogen and oxygen atoms in total. The number of hydrogen-bond acceptors (Lipinski definition) is 4. The maximum atomic E-state index is 7.33. The van der Waals surface area contributed by atoms with Crippen molar-refractivity contribution in [3.8, 4) is 0 Å². The molecule has 13 heavy (non-hydrogen) atoms. The van der Waals surface area contributed by atoms with Crippen LogP contribution in [0, 0.1) is 0 Å². The largest absolute Gasteiger partial charge is 2.00 e. The summed E-state index contributed by atoms with van der Waals surface area (Å²) >= 11 is 0. The molecule has 0 amide bonds. The van der Waals surface area contributed by atoms with E-state index in [1.54, 1.807) is 0 Å². The van der Waals surface area contributed by atoms with Gasteiger partial charge in [0.15, 0.2) is 0 Å². The molecule has 0 unspecified atom stereocenters. The Kier molecular flexibility index (Phi) is 171. The number of rotatable bonds is 0. The SMILES string of the molecule is F.O.O.O[Si](O)(O)O.[Ba+2].[Ca+2].[H-].[H-].[H-].[H-].[H-].[H-].[K+].[Na+].[Ti]. The summed E-state index contributed by atoms with van der Waals surface area (Å²) < 4.78 is 0. The Bertz CT molecular complexity index is 65.2. The zero-order valence-electron chi connectivity index (χ0n) is 13.6. The molecule has 0 atom stereocenters. The minimum Gasteiger partial charge on any atom is -1.00 e. The summed E-state index contributed by atoms with van der Waals surface area (Å²) in [4.78, 5) is 29.3. The van der Waals surface area contributed by atoms with Gasteiger partial charge in [-0.25, -0.2) is 0 Å². The Morgan fingerprint density at radius 3 is 0.923 bits per heavy atom. The van der Waals surface area contributed by atoms with Gasteiger partial charge in [0.1, 0.15) is 0 Å². The topological polar surface area (TPSA) is 144 Å². The molecule has 0 saturated carbocycles. The van der Waals surface area contributed by atoms with Crippen LogP contribution in [0.4, 0.5) is 4.70 Å². The first-order valence-electron chi connectivity index (χ1n) is 0.894. The molecular formula is H15BaCaFKNaO6SiTi. The van der Waals surface area contributed by atoms with Crippen LogP contribution in [0.15, 0.2) is 0 Å². The van der Waals surface area contributed by atoms with E-state index in [2.05, 4.69) is 0 Å². The average Bonchev–Trinajstić information content (AvgIpc) is 0.722.